The Hall–Kier alpha value is -3.45. The van der Waals surface area contributed by atoms with Gasteiger partial charge in [-0.15, -0.1) is 0 Å². The highest BCUT2D eigenvalue weighted by atomic mass is 16.5. The number of rotatable bonds is 4. The normalized spacial score (nSPS) is 15.7. The molecule has 0 bridgehead atoms. The number of hydrogen-bond donors (Lipinski definition) is 1. The molecule has 0 spiro atoms. The average molecular weight is 416 g/mol. The molecule has 3 aromatic rings. The Morgan fingerprint density at radius 1 is 1.00 bits per heavy atom. The molecule has 3 heterocycles. The molecule has 0 saturated carbocycles. The summed E-state index contributed by atoms with van der Waals surface area (Å²) in [5.41, 5.74) is 3.53. The number of ether oxygens (including phenoxy) is 1. The van der Waals surface area contributed by atoms with E-state index in [0.29, 0.717) is 57.5 Å². The Kier molecular flexibility index (Phi) is 5.26. The van der Waals surface area contributed by atoms with Crippen molar-refractivity contribution in [3.63, 3.8) is 0 Å². The van der Waals surface area contributed by atoms with Gasteiger partial charge in [0, 0.05) is 30.8 Å². The molecule has 0 aliphatic carbocycles. The van der Waals surface area contributed by atoms with Crippen LogP contribution in [0.5, 0.6) is 5.75 Å². The fraction of sp³-hybridized carbons (Fsp3) is 0.292. The highest BCUT2D eigenvalue weighted by Crippen LogP contribution is 2.36. The van der Waals surface area contributed by atoms with Crippen LogP contribution in [0.3, 0.4) is 0 Å². The van der Waals surface area contributed by atoms with E-state index in [1.54, 1.807) is 23.1 Å². The lowest BCUT2D eigenvalue weighted by Gasteiger charge is -2.28. The van der Waals surface area contributed by atoms with E-state index in [2.05, 4.69) is 4.90 Å². The molecule has 31 heavy (non-hydrogen) atoms. The van der Waals surface area contributed by atoms with Gasteiger partial charge in [-0.3, -0.25) is 9.69 Å². The number of carbonyl (C=O) groups is 1. The number of aromatic nitrogens is 2. The Balaban J connectivity index is 1.55. The van der Waals surface area contributed by atoms with Crippen LogP contribution in [0, 0.1) is 0 Å². The molecule has 7 heteroatoms. The van der Waals surface area contributed by atoms with Gasteiger partial charge < -0.3 is 14.7 Å². The van der Waals surface area contributed by atoms with Crippen LogP contribution in [-0.4, -0.2) is 53.8 Å². The molecule has 1 amide bonds. The van der Waals surface area contributed by atoms with Crippen LogP contribution in [0.15, 0.2) is 54.6 Å². The molecule has 2 aliphatic rings. The van der Waals surface area contributed by atoms with E-state index in [9.17, 15) is 9.90 Å². The van der Waals surface area contributed by atoms with Gasteiger partial charge in [-0.1, -0.05) is 42.5 Å². The van der Waals surface area contributed by atoms with Crippen LogP contribution < -0.4 is 9.80 Å². The van der Waals surface area contributed by atoms with Crippen molar-refractivity contribution in [3.8, 4) is 17.0 Å². The predicted molar refractivity (Wildman–Crippen MR) is 118 cm³/mol. The molecule has 2 aliphatic heterocycles. The van der Waals surface area contributed by atoms with E-state index in [4.69, 9.17) is 14.7 Å². The van der Waals surface area contributed by atoms with Crippen molar-refractivity contribution in [1.29, 1.82) is 0 Å². The minimum Gasteiger partial charge on any atom is -0.508 e. The van der Waals surface area contributed by atoms with Crippen LogP contribution in [0.4, 0.5) is 11.8 Å². The highest BCUT2D eigenvalue weighted by molar-refractivity contribution is 5.97. The lowest BCUT2D eigenvalue weighted by molar-refractivity contribution is -0.117. The van der Waals surface area contributed by atoms with Crippen molar-refractivity contribution >= 4 is 17.7 Å². The van der Waals surface area contributed by atoms with Gasteiger partial charge in [-0.05, 0) is 24.1 Å². The zero-order valence-electron chi connectivity index (χ0n) is 17.2. The summed E-state index contributed by atoms with van der Waals surface area (Å²) in [7, 11) is 0. The fourth-order valence-electron chi connectivity index (χ4n) is 4.15. The molecule has 0 unspecified atom stereocenters. The van der Waals surface area contributed by atoms with Crippen molar-refractivity contribution in [2.45, 2.75) is 12.8 Å². The second kappa shape index (κ2) is 8.35. The maximum Gasteiger partial charge on any atom is 0.232 e. The number of aromatic hydroxyl groups is 1. The maximum absolute atomic E-state index is 13.2. The van der Waals surface area contributed by atoms with Crippen molar-refractivity contribution in [2.75, 3.05) is 42.6 Å². The van der Waals surface area contributed by atoms with E-state index in [0.717, 1.165) is 22.4 Å². The van der Waals surface area contributed by atoms with Crippen molar-refractivity contribution in [1.82, 2.24) is 9.97 Å². The van der Waals surface area contributed by atoms with Gasteiger partial charge in [-0.25, -0.2) is 4.98 Å². The Morgan fingerprint density at radius 3 is 2.58 bits per heavy atom. The van der Waals surface area contributed by atoms with E-state index in [-0.39, 0.29) is 11.7 Å². The lowest BCUT2D eigenvalue weighted by Crippen LogP contribution is -2.38. The number of carbonyl (C=O) groups excluding carboxylic acids is 1. The summed E-state index contributed by atoms with van der Waals surface area (Å²) >= 11 is 0. The molecule has 1 fully saturated rings. The summed E-state index contributed by atoms with van der Waals surface area (Å²) in [6, 6.07) is 16.9. The van der Waals surface area contributed by atoms with Crippen LogP contribution >= 0.6 is 0 Å². The van der Waals surface area contributed by atoms with Crippen LogP contribution in [0.1, 0.15) is 11.1 Å². The van der Waals surface area contributed by atoms with E-state index in [1.807, 2.05) is 36.4 Å². The van der Waals surface area contributed by atoms with Crippen LogP contribution in [0.2, 0.25) is 0 Å². The Bertz CT molecular complexity index is 1100. The largest absolute Gasteiger partial charge is 0.508 e. The highest BCUT2D eigenvalue weighted by Gasteiger charge is 2.31. The van der Waals surface area contributed by atoms with Gasteiger partial charge in [0.2, 0.25) is 11.9 Å². The number of anilines is 2. The van der Waals surface area contributed by atoms with Gasteiger partial charge in [-0.2, -0.15) is 4.98 Å². The number of benzene rings is 2. The molecule has 2 aromatic carbocycles. The minimum atomic E-state index is 0.0263. The molecule has 7 nitrogen and oxygen atoms in total. The summed E-state index contributed by atoms with van der Waals surface area (Å²) in [5.74, 6) is 1.49. The van der Waals surface area contributed by atoms with Crippen molar-refractivity contribution < 1.29 is 14.6 Å². The second-order valence-electron chi connectivity index (χ2n) is 7.78. The van der Waals surface area contributed by atoms with E-state index >= 15 is 0 Å². The zero-order valence-corrected chi connectivity index (χ0v) is 17.2. The van der Waals surface area contributed by atoms with Gasteiger partial charge in [0.15, 0.2) is 0 Å². The molecule has 1 N–H and O–H groups in total. The number of phenols is 1. The average Bonchev–Trinajstić information content (AvgIpc) is 3.24. The van der Waals surface area contributed by atoms with Crippen molar-refractivity contribution in [2.24, 2.45) is 0 Å². The molecule has 158 valence electrons. The summed E-state index contributed by atoms with van der Waals surface area (Å²) in [6.45, 7) is 3.23. The molecule has 1 aromatic heterocycles. The summed E-state index contributed by atoms with van der Waals surface area (Å²) in [5, 5.41) is 10.0. The SMILES string of the molecule is O=C(Cc1ccccc1)N1CCc2c(-c3cccc(O)c3)nc(N3CCOCC3)nc21. The Labute approximate surface area is 180 Å². The predicted octanol–water partition coefficient (Wildman–Crippen LogP) is 2.82. The molecule has 0 atom stereocenters. The first-order chi connectivity index (χ1) is 15.2. The summed E-state index contributed by atoms with van der Waals surface area (Å²) in [4.78, 5) is 26.7. The third-order valence-corrected chi connectivity index (χ3v) is 5.73. The first-order valence-corrected chi connectivity index (χ1v) is 10.6. The van der Waals surface area contributed by atoms with E-state index in [1.165, 1.54) is 0 Å². The fourth-order valence-corrected chi connectivity index (χ4v) is 4.15. The third-order valence-electron chi connectivity index (χ3n) is 5.73. The summed E-state index contributed by atoms with van der Waals surface area (Å²) < 4.78 is 5.48. The number of fused-ring (bicyclic) bond motifs is 1. The molecule has 0 radical (unpaired) electrons. The van der Waals surface area contributed by atoms with Crippen molar-refractivity contribution in [3.05, 3.63) is 65.7 Å². The number of hydrogen-bond acceptors (Lipinski definition) is 6. The van der Waals surface area contributed by atoms with Crippen LogP contribution in [0.25, 0.3) is 11.3 Å². The molecular formula is C24H24N4O3. The number of amides is 1. The quantitative estimate of drug-likeness (QED) is 0.705. The van der Waals surface area contributed by atoms with Gasteiger partial charge >= 0.3 is 0 Å². The summed E-state index contributed by atoms with van der Waals surface area (Å²) in [6.07, 6.45) is 1.02. The Morgan fingerprint density at radius 2 is 1.81 bits per heavy atom. The first kappa shape index (κ1) is 19.5. The van der Waals surface area contributed by atoms with E-state index < -0.39 is 0 Å². The smallest absolute Gasteiger partial charge is 0.232 e. The second-order valence-corrected chi connectivity index (χ2v) is 7.78. The molecule has 5 rings (SSSR count). The molecular weight excluding hydrogens is 392 g/mol. The molecule has 1 saturated heterocycles. The standard InChI is InChI=1S/C24H24N4O3/c29-19-8-4-7-18(16-19)22-20-9-10-28(21(30)15-17-5-2-1-3-6-17)23(20)26-24(25-22)27-11-13-31-14-12-27/h1-8,16,29H,9-15H2. The monoisotopic (exact) mass is 416 g/mol. The number of morpholine rings is 1. The van der Waals surface area contributed by atoms with Crippen LogP contribution in [-0.2, 0) is 22.4 Å². The van der Waals surface area contributed by atoms with Gasteiger partial charge in [0.25, 0.3) is 0 Å². The zero-order chi connectivity index (χ0) is 21.2. The third kappa shape index (κ3) is 3.96. The minimum absolute atomic E-state index is 0.0263. The number of phenolic OH excluding ortho intramolecular Hbond substituents is 1. The first-order valence-electron chi connectivity index (χ1n) is 10.6. The lowest BCUT2D eigenvalue weighted by atomic mass is 10.1. The van der Waals surface area contributed by atoms with Gasteiger partial charge in [0.1, 0.15) is 11.6 Å². The maximum atomic E-state index is 13.2. The topological polar surface area (TPSA) is 78.8 Å². The number of nitrogens with zero attached hydrogens (tertiary/aromatic N) is 4. The van der Waals surface area contributed by atoms with Gasteiger partial charge in [0.05, 0.1) is 25.3 Å².